The maximum absolute atomic E-state index is 12.6. The highest BCUT2D eigenvalue weighted by molar-refractivity contribution is 14.1. The highest BCUT2D eigenvalue weighted by Gasteiger charge is 2.15. The molecular formula is C7H3ClF3I. The van der Waals surface area contributed by atoms with E-state index in [0.717, 1.165) is 12.1 Å². The van der Waals surface area contributed by atoms with E-state index < -0.39 is 17.8 Å². The average Bonchev–Trinajstić information content (AvgIpc) is 1.96. The Hall–Kier alpha value is 0.0300. The minimum absolute atomic E-state index is 0.0769. The predicted octanol–water partition coefficient (Wildman–Crippen LogP) is 4.02. The smallest absolute Gasteiger partial charge is 0.207 e. The molecule has 1 aromatic carbocycles. The van der Waals surface area contributed by atoms with E-state index in [1.165, 1.54) is 0 Å². The Morgan fingerprint density at radius 1 is 1.33 bits per heavy atom. The second-order valence-corrected chi connectivity index (χ2v) is 3.63. The molecule has 0 atom stereocenters. The molecule has 0 fully saturated rings. The molecule has 0 unspecified atom stereocenters. The van der Waals surface area contributed by atoms with Gasteiger partial charge in [-0.25, -0.2) is 13.2 Å². The van der Waals surface area contributed by atoms with Crippen LogP contribution in [-0.4, -0.2) is 0 Å². The summed E-state index contributed by atoms with van der Waals surface area (Å²) in [4.78, 5) is 0. The van der Waals surface area contributed by atoms with Gasteiger partial charge < -0.3 is 0 Å². The molecule has 0 aliphatic rings. The van der Waals surface area contributed by atoms with Crippen molar-refractivity contribution >= 4 is 34.2 Å². The maximum atomic E-state index is 12.6. The molecule has 0 saturated heterocycles. The normalized spacial score (nSPS) is 10.8. The number of alkyl halides is 2. The van der Waals surface area contributed by atoms with Crippen LogP contribution in [0.15, 0.2) is 12.1 Å². The molecule has 0 saturated carbocycles. The highest BCUT2D eigenvalue weighted by Crippen LogP contribution is 2.31. The fourth-order valence-electron chi connectivity index (χ4n) is 0.735. The first kappa shape index (κ1) is 10.1. The molecule has 1 rings (SSSR count). The molecule has 0 aromatic heterocycles. The first-order chi connectivity index (χ1) is 5.52. The molecule has 0 heterocycles. The average molecular weight is 306 g/mol. The van der Waals surface area contributed by atoms with Crippen molar-refractivity contribution in [2.24, 2.45) is 0 Å². The molecule has 12 heavy (non-hydrogen) atoms. The molecule has 0 aliphatic carbocycles. The van der Waals surface area contributed by atoms with Gasteiger partial charge in [-0.2, -0.15) is 0 Å². The summed E-state index contributed by atoms with van der Waals surface area (Å²) in [6, 6.07) is 1.85. The standard InChI is InChI=1S/C7H3ClF3I/c8-6-4(7(10)11)1-3(9)2-5(6)12/h1-2,7H. The molecule has 0 N–H and O–H groups in total. The minimum atomic E-state index is -2.73. The lowest BCUT2D eigenvalue weighted by Crippen LogP contribution is -1.90. The van der Waals surface area contributed by atoms with Crippen molar-refractivity contribution in [2.45, 2.75) is 6.43 Å². The molecule has 66 valence electrons. The second kappa shape index (κ2) is 3.83. The fourth-order valence-corrected chi connectivity index (χ4v) is 1.54. The van der Waals surface area contributed by atoms with E-state index >= 15 is 0 Å². The van der Waals surface area contributed by atoms with Crippen LogP contribution >= 0.6 is 34.2 Å². The third-order valence-corrected chi connectivity index (χ3v) is 2.85. The van der Waals surface area contributed by atoms with E-state index in [2.05, 4.69) is 0 Å². The number of rotatable bonds is 1. The lowest BCUT2D eigenvalue weighted by Gasteiger charge is -2.04. The van der Waals surface area contributed by atoms with Crippen LogP contribution in [0.25, 0.3) is 0 Å². The van der Waals surface area contributed by atoms with Crippen LogP contribution in [0.2, 0.25) is 5.02 Å². The Labute approximate surface area is 85.9 Å². The van der Waals surface area contributed by atoms with Gasteiger partial charge in [-0.1, -0.05) is 11.6 Å². The Morgan fingerprint density at radius 3 is 2.42 bits per heavy atom. The summed E-state index contributed by atoms with van der Waals surface area (Å²) in [5.74, 6) is -0.695. The summed E-state index contributed by atoms with van der Waals surface area (Å²) in [6.45, 7) is 0. The summed E-state index contributed by atoms with van der Waals surface area (Å²) in [6.07, 6.45) is -2.73. The lowest BCUT2D eigenvalue weighted by atomic mass is 10.2. The Bertz CT molecular complexity index is 301. The van der Waals surface area contributed by atoms with Crippen LogP contribution in [-0.2, 0) is 0 Å². The maximum Gasteiger partial charge on any atom is 0.265 e. The second-order valence-electron chi connectivity index (χ2n) is 2.09. The van der Waals surface area contributed by atoms with Crippen LogP contribution < -0.4 is 0 Å². The molecule has 5 heteroatoms. The highest BCUT2D eigenvalue weighted by atomic mass is 127. The summed E-state index contributed by atoms with van der Waals surface area (Å²) >= 11 is 7.21. The van der Waals surface area contributed by atoms with E-state index in [9.17, 15) is 13.2 Å². The van der Waals surface area contributed by atoms with Crippen LogP contribution in [0, 0.1) is 9.39 Å². The minimum Gasteiger partial charge on any atom is -0.207 e. The molecule has 0 nitrogen and oxygen atoms in total. The van der Waals surface area contributed by atoms with Crippen molar-refractivity contribution in [1.29, 1.82) is 0 Å². The zero-order chi connectivity index (χ0) is 9.30. The summed E-state index contributed by atoms with van der Waals surface area (Å²) in [5.41, 5.74) is -0.457. The van der Waals surface area contributed by atoms with Gasteiger partial charge in [0, 0.05) is 9.13 Å². The van der Waals surface area contributed by atoms with Gasteiger partial charge in [0.2, 0.25) is 0 Å². The van der Waals surface area contributed by atoms with Gasteiger partial charge in [-0.15, -0.1) is 0 Å². The molecule has 0 bridgehead atoms. The van der Waals surface area contributed by atoms with E-state index in [1.807, 2.05) is 0 Å². The topological polar surface area (TPSA) is 0 Å². The number of benzene rings is 1. The molecule has 1 aromatic rings. The molecule has 0 spiro atoms. The van der Waals surface area contributed by atoms with Crippen LogP contribution in [0.5, 0.6) is 0 Å². The van der Waals surface area contributed by atoms with E-state index in [0.29, 0.717) is 3.57 Å². The van der Waals surface area contributed by atoms with E-state index in [-0.39, 0.29) is 5.02 Å². The van der Waals surface area contributed by atoms with Gasteiger partial charge >= 0.3 is 0 Å². The van der Waals surface area contributed by atoms with Gasteiger partial charge in [0.05, 0.1) is 5.02 Å². The monoisotopic (exact) mass is 306 g/mol. The molecule has 0 aliphatic heterocycles. The van der Waals surface area contributed by atoms with Gasteiger partial charge in [-0.3, -0.25) is 0 Å². The van der Waals surface area contributed by atoms with Gasteiger partial charge in [0.25, 0.3) is 6.43 Å². The van der Waals surface area contributed by atoms with Crippen molar-refractivity contribution in [3.63, 3.8) is 0 Å². The summed E-state index contributed by atoms with van der Waals surface area (Å²) in [7, 11) is 0. The van der Waals surface area contributed by atoms with Gasteiger partial charge in [-0.05, 0) is 34.7 Å². The van der Waals surface area contributed by atoms with Crippen molar-refractivity contribution in [1.82, 2.24) is 0 Å². The number of hydrogen-bond acceptors (Lipinski definition) is 0. The Kier molecular flexibility index (Phi) is 3.22. The van der Waals surface area contributed by atoms with E-state index in [4.69, 9.17) is 11.6 Å². The fraction of sp³-hybridized carbons (Fsp3) is 0.143. The first-order valence-corrected chi connectivity index (χ1v) is 4.40. The SMILES string of the molecule is Fc1cc(I)c(Cl)c(C(F)F)c1. The van der Waals surface area contributed by atoms with Gasteiger partial charge in [0.1, 0.15) is 5.82 Å². The van der Waals surface area contributed by atoms with Crippen molar-refractivity contribution in [3.05, 3.63) is 32.1 Å². The Balaban J connectivity index is 3.28. The van der Waals surface area contributed by atoms with Crippen LogP contribution in [0.3, 0.4) is 0 Å². The zero-order valence-electron chi connectivity index (χ0n) is 5.62. The van der Waals surface area contributed by atoms with E-state index in [1.54, 1.807) is 22.6 Å². The predicted molar refractivity (Wildman–Crippen MR) is 49.1 cm³/mol. The van der Waals surface area contributed by atoms with Crippen molar-refractivity contribution in [2.75, 3.05) is 0 Å². The Morgan fingerprint density at radius 2 is 1.92 bits per heavy atom. The third-order valence-electron chi connectivity index (χ3n) is 1.26. The number of hydrogen-bond donors (Lipinski definition) is 0. The van der Waals surface area contributed by atoms with Crippen LogP contribution in [0.1, 0.15) is 12.0 Å². The largest absolute Gasteiger partial charge is 0.265 e. The molecular weight excluding hydrogens is 303 g/mol. The zero-order valence-corrected chi connectivity index (χ0v) is 8.54. The number of halogens is 5. The molecule has 0 amide bonds. The molecule has 0 radical (unpaired) electrons. The quantitative estimate of drug-likeness (QED) is 0.543. The summed E-state index contributed by atoms with van der Waals surface area (Å²) in [5, 5.41) is -0.0769. The third kappa shape index (κ3) is 2.04. The van der Waals surface area contributed by atoms with Crippen molar-refractivity contribution < 1.29 is 13.2 Å². The first-order valence-electron chi connectivity index (χ1n) is 2.95. The van der Waals surface area contributed by atoms with Gasteiger partial charge in [0.15, 0.2) is 0 Å². The van der Waals surface area contributed by atoms with Crippen molar-refractivity contribution in [3.8, 4) is 0 Å². The lowest BCUT2D eigenvalue weighted by molar-refractivity contribution is 0.151. The van der Waals surface area contributed by atoms with Crippen LogP contribution in [0.4, 0.5) is 13.2 Å². The summed E-state index contributed by atoms with van der Waals surface area (Å²) < 4.78 is 37.1.